The van der Waals surface area contributed by atoms with Gasteiger partial charge in [0.2, 0.25) is 0 Å². The monoisotopic (exact) mass is 339 g/mol. The topological polar surface area (TPSA) is 101 Å². The van der Waals surface area contributed by atoms with Crippen molar-refractivity contribution in [1.29, 1.82) is 10.5 Å². The van der Waals surface area contributed by atoms with Crippen LogP contribution in [-0.4, -0.2) is 29.7 Å². The molecule has 1 amide bonds. The fraction of sp³-hybridized carbons (Fsp3) is 0.389. The van der Waals surface area contributed by atoms with Gasteiger partial charge in [-0.05, 0) is 38.5 Å². The highest BCUT2D eigenvalue weighted by Gasteiger charge is 2.24. The van der Waals surface area contributed by atoms with Crippen LogP contribution in [-0.2, 0) is 11.3 Å². The van der Waals surface area contributed by atoms with Crippen molar-refractivity contribution in [3.63, 3.8) is 0 Å². The quantitative estimate of drug-likeness (QED) is 0.802. The zero-order valence-corrected chi connectivity index (χ0v) is 14.6. The van der Waals surface area contributed by atoms with E-state index in [-0.39, 0.29) is 11.7 Å². The van der Waals surface area contributed by atoms with Crippen LogP contribution in [0.5, 0.6) is 0 Å². The van der Waals surface area contributed by atoms with E-state index in [1.54, 1.807) is 17.0 Å². The SMILES string of the molecule is CC(C)(C)OC(=O)N1CCNc2cc(NC=C(C#N)C#N)ccc2C1. The van der Waals surface area contributed by atoms with E-state index in [0.29, 0.717) is 19.6 Å². The standard InChI is InChI=1S/C18H21N5O2/c1-18(2,3)25-17(24)23-7-6-21-16-8-15(5-4-14(16)12-23)22-11-13(9-19)10-20/h4-5,8,11,21-22H,6-7,12H2,1-3H3. The number of allylic oxidation sites excluding steroid dienone is 1. The van der Waals surface area contributed by atoms with Crippen molar-refractivity contribution in [2.75, 3.05) is 23.7 Å². The van der Waals surface area contributed by atoms with Crippen LogP contribution in [0.15, 0.2) is 30.0 Å². The summed E-state index contributed by atoms with van der Waals surface area (Å²) in [5, 5.41) is 23.7. The van der Waals surface area contributed by atoms with Crippen LogP contribution < -0.4 is 10.6 Å². The Hall–Kier alpha value is -3.19. The van der Waals surface area contributed by atoms with Gasteiger partial charge in [0.15, 0.2) is 0 Å². The van der Waals surface area contributed by atoms with Crippen molar-refractivity contribution < 1.29 is 9.53 Å². The van der Waals surface area contributed by atoms with Gasteiger partial charge in [0.05, 0.1) is 6.54 Å². The van der Waals surface area contributed by atoms with Gasteiger partial charge >= 0.3 is 6.09 Å². The molecule has 0 bridgehead atoms. The third-order valence-electron chi connectivity index (χ3n) is 3.44. The summed E-state index contributed by atoms with van der Waals surface area (Å²) in [6, 6.07) is 9.21. The molecule has 2 N–H and O–H groups in total. The van der Waals surface area contributed by atoms with Gasteiger partial charge in [-0.1, -0.05) is 6.07 Å². The van der Waals surface area contributed by atoms with E-state index in [4.69, 9.17) is 15.3 Å². The van der Waals surface area contributed by atoms with Crippen molar-refractivity contribution in [3.8, 4) is 12.1 Å². The molecule has 0 radical (unpaired) electrons. The van der Waals surface area contributed by atoms with E-state index in [2.05, 4.69) is 10.6 Å². The minimum absolute atomic E-state index is 0.000923. The third-order valence-corrected chi connectivity index (χ3v) is 3.44. The molecular weight excluding hydrogens is 318 g/mol. The molecule has 130 valence electrons. The van der Waals surface area contributed by atoms with Crippen molar-refractivity contribution in [3.05, 3.63) is 35.5 Å². The number of amides is 1. The zero-order chi connectivity index (χ0) is 18.4. The van der Waals surface area contributed by atoms with Crippen molar-refractivity contribution in [2.24, 2.45) is 0 Å². The van der Waals surface area contributed by atoms with E-state index >= 15 is 0 Å². The second kappa shape index (κ2) is 7.59. The normalized spacial score (nSPS) is 13.2. The number of rotatable bonds is 2. The predicted octanol–water partition coefficient (Wildman–Crippen LogP) is 3.19. The number of fused-ring (bicyclic) bond motifs is 1. The molecule has 7 heteroatoms. The fourth-order valence-electron chi connectivity index (χ4n) is 2.31. The number of benzene rings is 1. The molecule has 0 spiro atoms. The molecular formula is C18H21N5O2. The molecule has 0 saturated heterocycles. The predicted molar refractivity (Wildman–Crippen MR) is 94.5 cm³/mol. The number of carbonyl (C=O) groups is 1. The number of carbonyl (C=O) groups excluding carboxylic acids is 1. The second-order valence-electron chi connectivity index (χ2n) is 6.63. The molecule has 0 atom stereocenters. The molecule has 1 aromatic carbocycles. The molecule has 25 heavy (non-hydrogen) atoms. The van der Waals surface area contributed by atoms with Crippen molar-refractivity contribution in [1.82, 2.24) is 4.90 Å². The van der Waals surface area contributed by atoms with E-state index < -0.39 is 5.60 Å². The highest BCUT2D eigenvalue weighted by molar-refractivity contribution is 5.70. The maximum Gasteiger partial charge on any atom is 0.410 e. The van der Waals surface area contributed by atoms with Gasteiger partial charge in [0.1, 0.15) is 23.3 Å². The molecule has 0 fully saturated rings. The van der Waals surface area contributed by atoms with E-state index in [0.717, 1.165) is 16.9 Å². The van der Waals surface area contributed by atoms with E-state index in [9.17, 15) is 4.79 Å². The van der Waals surface area contributed by atoms with Crippen LogP contribution in [0.2, 0.25) is 0 Å². The lowest BCUT2D eigenvalue weighted by Gasteiger charge is -2.26. The Morgan fingerprint density at radius 2 is 2.08 bits per heavy atom. The Labute approximate surface area is 147 Å². The van der Waals surface area contributed by atoms with Crippen LogP contribution in [0, 0.1) is 22.7 Å². The number of anilines is 2. The molecule has 0 saturated carbocycles. The smallest absolute Gasteiger partial charge is 0.410 e. The summed E-state index contributed by atoms with van der Waals surface area (Å²) >= 11 is 0. The summed E-state index contributed by atoms with van der Waals surface area (Å²) in [5.74, 6) is 0. The summed E-state index contributed by atoms with van der Waals surface area (Å²) in [5.41, 5.74) is 2.09. The average Bonchev–Trinajstić information content (AvgIpc) is 2.76. The van der Waals surface area contributed by atoms with Crippen LogP contribution in [0.3, 0.4) is 0 Å². The first-order chi connectivity index (χ1) is 11.8. The van der Waals surface area contributed by atoms with Crippen LogP contribution in [0.4, 0.5) is 16.2 Å². The minimum atomic E-state index is -0.529. The Bertz CT molecular complexity index is 749. The lowest BCUT2D eigenvalue weighted by Crippen LogP contribution is -2.37. The summed E-state index contributed by atoms with van der Waals surface area (Å²) in [6.45, 7) is 7.13. The molecule has 0 aromatic heterocycles. The number of nitrogens with one attached hydrogen (secondary N) is 2. The molecule has 7 nitrogen and oxygen atoms in total. The molecule has 2 rings (SSSR count). The fourth-order valence-corrected chi connectivity index (χ4v) is 2.31. The lowest BCUT2D eigenvalue weighted by molar-refractivity contribution is 0.0245. The molecule has 1 aliphatic heterocycles. The molecule has 1 aromatic rings. The molecule has 1 aliphatic rings. The number of nitrogens with zero attached hydrogens (tertiary/aromatic N) is 3. The van der Waals surface area contributed by atoms with Gasteiger partial charge in [-0.25, -0.2) is 4.79 Å². The van der Waals surface area contributed by atoms with E-state index in [1.165, 1.54) is 6.20 Å². The first-order valence-electron chi connectivity index (χ1n) is 7.94. The number of nitriles is 2. The van der Waals surface area contributed by atoms with Gasteiger partial charge in [-0.2, -0.15) is 10.5 Å². The largest absolute Gasteiger partial charge is 0.444 e. The van der Waals surface area contributed by atoms with Gasteiger partial charge in [-0.15, -0.1) is 0 Å². The Morgan fingerprint density at radius 1 is 1.36 bits per heavy atom. The van der Waals surface area contributed by atoms with Crippen LogP contribution in [0.1, 0.15) is 26.3 Å². The van der Waals surface area contributed by atoms with Crippen LogP contribution in [0.25, 0.3) is 0 Å². The highest BCUT2D eigenvalue weighted by Crippen LogP contribution is 2.25. The maximum atomic E-state index is 12.3. The lowest BCUT2D eigenvalue weighted by atomic mass is 10.1. The van der Waals surface area contributed by atoms with Crippen LogP contribution >= 0.6 is 0 Å². The van der Waals surface area contributed by atoms with Gasteiger partial charge in [0.25, 0.3) is 0 Å². The molecule has 1 heterocycles. The van der Waals surface area contributed by atoms with Gasteiger partial charge < -0.3 is 20.3 Å². The van der Waals surface area contributed by atoms with Crippen molar-refractivity contribution >= 4 is 17.5 Å². The summed E-state index contributed by atoms with van der Waals surface area (Å²) < 4.78 is 5.44. The maximum absolute atomic E-state index is 12.3. The summed E-state index contributed by atoms with van der Waals surface area (Å²) in [6.07, 6.45) is 1.03. The first-order valence-corrected chi connectivity index (χ1v) is 7.94. The second-order valence-corrected chi connectivity index (χ2v) is 6.63. The summed E-state index contributed by atoms with van der Waals surface area (Å²) in [4.78, 5) is 13.9. The number of hydrogen-bond donors (Lipinski definition) is 2. The third kappa shape index (κ3) is 5.15. The molecule has 0 unspecified atom stereocenters. The zero-order valence-electron chi connectivity index (χ0n) is 14.6. The number of ether oxygens (including phenoxy) is 1. The average molecular weight is 339 g/mol. The Morgan fingerprint density at radius 3 is 2.72 bits per heavy atom. The van der Waals surface area contributed by atoms with Gasteiger partial charge in [0, 0.05) is 30.7 Å². The van der Waals surface area contributed by atoms with E-state index in [1.807, 2.05) is 39.0 Å². The first kappa shape index (κ1) is 18.2. The van der Waals surface area contributed by atoms with Crippen molar-refractivity contribution in [2.45, 2.75) is 32.9 Å². The Balaban J connectivity index is 2.13. The number of hydrogen-bond acceptors (Lipinski definition) is 6. The summed E-state index contributed by atoms with van der Waals surface area (Å²) in [7, 11) is 0. The highest BCUT2D eigenvalue weighted by atomic mass is 16.6. The minimum Gasteiger partial charge on any atom is -0.444 e. The van der Waals surface area contributed by atoms with Gasteiger partial charge in [-0.3, -0.25) is 0 Å². The molecule has 0 aliphatic carbocycles. The Kier molecular flexibility index (Phi) is 5.51.